The lowest BCUT2D eigenvalue weighted by atomic mass is 9.87. The van der Waals surface area contributed by atoms with Gasteiger partial charge in [0.25, 0.3) is 0 Å². The fourth-order valence-electron chi connectivity index (χ4n) is 3.32. The van der Waals surface area contributed by atoms with Crippen molar-refractivity contribution in [2.24, 2.45) is 5.92 Å². The molecule has 2 nitrogen and oxygen atoms in total. The lowest BCUT2D eigenvalue weighted by Crippen LogP contribution is -2.26. The van der Waals surface area contributed by atoms with Crippen LogP contribution in [-0.4, -0.2) is 12.5 Å². The minimum atomic E-state index is -4.41. The van der Waals surface area contributed by atoms with Gasteiger partial charge in [-0.2, -0.15) is 13.2 Å². The lowest BCUT2D eigenvalue weighted by Gasteiger charge is -2.18. The van der Waals surface area contributed by atoms with Crippen molar-refractivity contribution in [1.29, 1.82) is 0 Å². The highest BCUT2D eigenvalue weighted by molar-refractivity contribution is 6.00. The monoisotopic (exact) mass is 333 g/mol. The van der Waals surface area contributed by atoms with Gasteiger partial charge in [-0.3, -0.25) is 4.79 Å². The molecule has 0 saturated carbocycles. The summed E-state index contributed by atoms with van der Waals surface area (Å²) in [6, 6.07) is 14.4. The van der Waals surface area contributed by atoms with E-state index in [1.165, 1.54) is 11.0 Å². The lowest BCUT2D eigenvalue weighted by molar-refractivity contribution is -0.137. The van der Waals surface area contributed by atoms with E-state index in [1.54, 1.807) is 6.07 Å². The third-order valence-corrected chi connectivity index (χ3v) is 4.59. The topological polar surface area (TPSA) is 20.3 Å². The maximum absolute atomic E-state index is 12.9. The highest BCUT2D eigenvalue weighted by Gasteiger charge is 2.41. The first kappa shape index (κ1) is 16.6. The molecule has 1 saturated heterocycles. The molecule has 3 rings (SSSR count). The summed E-state index contributed by atoms with van der Waals surface area (Å²) >= 11 is 0. The van der Waals surface area contributed by atoms with Gasteiger partial charge in [-0.1, -0.05) is 49.7 Å². The van der Waals surface area contributed by atoms with Crippen molar-refractivity contribution in [2.75, 3.05) is 11.4 Å². The largest absolute Gasteiger partial charge is 0.416 e. The first-order chi connectivity index (χ1) is 11.4. The Bertz CT molecular complexity index is 727. The second-order valence-electron chi connectivity index (χ2n) is 6.05. The Morgan fingerprint density at radius 2 is 1.79 bits per heavy atom. The first-order valence-electron chi connectivity index (χ1n) is 7.95. The summed E-state index contributed by atoms with van der Waals surface area (Å²) < 4.78 is 38.8. The number of benzene rings is 2. The highest BCUT2D eigenvalue weighted by Crippen LogP contribution is 2.39. The van der Waals surface area contributed by atoms with Gasteiger partial charge in [0, 0.05) is 12.2 Å². The number of carbonyl (C=O) groups is 1. The van der Waals surface area contributed by atoms with Crippen LogP contribution >= 0.6 is 0 Å². The van der Waals surface area contributed by atoms with E-state index in [2.05, 4.69) is 0 Å². The van der Waals surface area contributed by atoms with E-state index in [1.807, 2.05) is 37.3 Å². The van der Waals surface area contributed by atoms with Gasteiger partial charge >= 0.3 is 6.18 Å². The molecule has 0 aliphatic carbocycles. The molecule has 126 valence electrons. The van der Waals surface area contributed by atoms with Crippen molar-refractivity contribution in [3.63, 3.8) is 0 Å². The summed E-state index contributed by atoms with van der Waals surface area (Å²) in [6.45, 7) is 2.44. The van der Waals surface area contributed by atoms with E-state index >= 15 is 0 Å². The van der Waals surface area contributed by atoms with E-state index in [-0.39, 0.29) is 17.7 Å². The minimum Gasteiger partial charge on any atom is -0.312 e. The van der Waals surface area contributed by atoms with E-state index in [9.17, 15) is 18.0 Å². The van der Waals surface area contributed by atoms with Gasteiger partial charge in [-0.05, 0) is 29.7 Å². The van der Waals surface area contributed by atoms with E-state index in [0.29, 0.717) is 12.2 Å². The average Bonchev–Trinajstić information content (AvgIpc) is 2.91. The Morgan fingerprint density at radius 1 is 1.08 bits per heavy atom. The van der Waals surface area contributed by atoms with Gasteiger partial charge in [-0.25, -0.2) is 0 Å². The minimum absolute atomic E-state index is 0.0921. The Balaban J connectivity index is 1.95. The Labute approximate surface area is 138 Å². The molecule has 24 heavy (non-hydrogen) atoms. The van der Waals surface area contributed by atoms with Crippen LogP contribution in [0.5, 0.6) is 0 Å². The standard InChI is InChI=1S/C19H18F3NO/c1-2-13-12-23(16-10-6-9-15(11-16)19(20,21)22)18(24)17(13)14-7-4-3-5-8-14/h3-11,13,17H,2,12H2,1H3. The average molecular weight is 333 g/mol. The smallest absolute Gasteiger partial charge is 0.312 e. The Hall–Kier alpha value is -2.30. The molecular formula is C19H18F3NO. The zero-order valence-electron chi connectivity index (χ0n) is 13.3. The van der Waals surface area contributed by atoms with Crippen molar-refractivity contribution >= 4 is 11.6 Å². The SMILES string of the molecule is CCC1CN(c2cccc(C(F)(F)F)c2)C(=O)C1c1ccccc1. The number of amides is 1. The number of alkyl halides is 3. The van der Waals surface area contributed by atoms with Gasteiger partial charge < -0.3 is 4.90 Å². The molecule has 0 bridgehead atoms. The van der Waals surface area contributed by atoms with Crippen LogP contribution in [0.1, 0.15) is 30.4 Å². The Morgan fingerprint density at radius 3 is 2.42 bits per heavy atom. The van der Waals surface area contributed by atoms with Crippen LogP contribution in [0.25, 0.3) is 0 Å². The van der Waals surface area contributed by atoms with Gasteiger partial charge in [-0.15, -0.1) is 0 Å². The van der Waals surface area contributed by atoms with Crippen LogP contribution in [0, 0.1) is 5.92 Å². The first-order valence-corrected chi connectivity index (χ1v) is 7.95. The number of rotatable bonds is 3. The maximum Gasteiger partial charge on any atom is 0.416 e. The van der Waals surface area contributed by atoms with Crippen LogP contribution in [0.4, 0.5) is 18.9 Å². The Kier molecular flexibility index (Phi) is 4.35. The van der Waals surface area contributed by atoms with Gasteiger partial charge in [0.05, 0.1) is 11.5 Å². The maximum atomic E-state index is 12.9. The number of nitrogens with zero attached hydrogens (tertiary/aromatic N) is 1. The predicted octanol–water partition coefficient (Wildman–Crippen LogP) is 4.86. The molecule has 0 aromatic heterocycles. The molecular weight excluding hydrogens is 315 g/mol. The number of hydrogen-bond donors (Lipinski definition) is 0. The fraction of sp³-hybridized carbons (Fsp3) is 0.316. The van der Waals surface area contributed by atoms with E-state index in [4.69, 9.17) is 0 Å². The molecule has 1 amide bonds. The van der Waals surface area contributed by atoms with Crippen LogP contribution in [0.2, 0.25) is 0 Å². The summed E-state index contributed by atoms with van der Waals surface area (Å²) in [5, 5.41) is 0. The summed E-state index contributed by atoms with van der Waals surface area (Å²) in [7, 11) is 0. The molecule has 1 aliphatic heterocycles. The van der Waals surface area contributed by atoms with Crippen LogP contribution < -0.4 is 4.90 Å². The van der Waals surface area contributed by atoms with Crippen molar-refractivity contribution in [3.05, 3.63) is 65.7 Å². The molecule has 2 aromatic rings. The third-order valence-electron chi connectivity index (χ3n) is 4.59. The number of halogens is 3. The van der Waals surface area contributed by atoms with Gasteiger partial charge in [0.1, 0.15) is 0 Å². The molecule has 0 N–H and O–H groups in total. The molecule has 2 unspecified atom stereocenters. The van der Waals surface area contributed by atoms with E-state index in [0.717, 1.165) is 24.1 Å². The predicted molar refractivity (Wildman–Crippen MR) is 86.8 cm³/mol. The quantitative estimate of drug-likeness (QED) is 0.785. The second-order valence-corrected chi connectivity index (χ2v) is 6.05. The third kappa shape index (κ3) is 3.03. The molecule has 5 heteroatoms. The molecule has 2 atom stereocenters. The zero-order chi connectivity index (χ0) is 17.3. The normalized spacial score (nSPS) is 21.3. The van der Waals surface area contributed by atoms with Crippen molar-refractivity contribution in [1.82, 2.24) is 0 Å². The van der Waals surface area contributed by atoms with Crippen molar-refractivity contribution in [2.45, 2.75) is 25.4 Å². The second kappa shape index (κ2) is 6.30. The summed E-state index contributed by atoms with van der Waals surface area (Å²) in [4.78, 5) is 14.4. The molecule has 0 spiro atoms. The molecule has 1 fully saturated rings. The molecule has 2 aromatic carbocycles. The molecule has 1 aliphatic rings. The summed E-state index contributed by atoms with van der Waals surface area (Å²) in [5.74, 6) is -0.340. The van der Waals surface area contributed by atoms with Gasteiger partial charge in [0.15, 0.2) is 0 Å². The van der Waals surface area contributed by atoms with Crippen LogP contribution in [0.15, 0.2) is 54.6 Å². The van der Waals surface area contributed by atoms with E-state index < -0.39 is 11.7 Å². The number of anilines is 1. The van der Waals surface area contributed by atoms with Gasteiger partial charge in [0.2, 0.25) is 5.91 Å². The number of carbonyl (C=O) groups excluding carboxylic acids is 1. The zero-order valence-corrected chi connectivity index (χ0v) is 13.3. The highest BCUT2D eigenvalue weighted by atomic mass is 19.4. The molecule has 1 heterocycles. The van der Waals surface area contributed by atoms with Crippen molar-refractivity contribution < 1.29 is 18.0 Å². The summed E-state index contributed by atoms with van der Waals surface area (Å²) in [6.07, 6.45) is -3.62. The van der Waals surface area contributed by atoms with Crippen molar-refractivity contribution in [3.8, 4) is 0 Å². The van der Waals surface area contributed by atoms with Crippen LogP contribution in [0.3, 0.4) is 0 Å². The number of hydrogen-bond acceptors (Lipinski definition) is 1. The molecule has 0 radical (unpaired) electrons. The van der Waals surface area contributed by atoms with Crippen LogP contribution in [-0.2, 0) is 11.0 Å². The fourth-order valence-corrected chi connectivity index (χ4v) is 3.32. The summed E-state index contributed by atoms with van der Waals surface area (Å²) in [5.41, 5.74) is 0.500.